The van der Waals surface area contributed by atoms with Gasteiger partial charge in [0.05, 0.1) is 36.7 Å². The van der Waals surface area contributed by atoms with Crippen LogP contribution in [0.2, 0.25) is 0 Å². The Balaban J connectivity index is 1.43. The number of para-hydroxylation sites is 2. The molecule has 2 N–H and O–H groups in total. The van der Waals surface area contributed by atoms with Crippen LogP contribution in [-0.2, 0) is 4.74 Å². The zero-order valence-electron chi connectivity index (χ0n) is 14.1. The van der Waals surface area contributed by atoms with Gasteiger partial charge in [-0.2, -0.15) is 5.10 Å². The van der Waals surface area contributed by atoms with Crippen LogP contribution in [-0.4, -0.2) is 59.1 Å². The molecule has 0 bridgehead atoms. The average Bonchev–Trinajstić information content (AvgIpc) is 3.37. The van der Waals surface area contributed by atoms with Crippen LogP contribution in [0.5, 0.6) is 0 Å². The molecule has 0 radical (unpaired) electrons. The van der Waals surface area contributed by atoms with Gasteiger partial charge in [0.15, 0.2) is 0 Å². The predicted molar refractivity (Wildman–Crippen MR) is 94.9 cm³/mol. The highest BCUT2D eigenvalue weighted by Crippen LogP contribution is 2.21. The van der Waals surface area contributed by atoms with E-state index in [1.807, 2.05) is 36.5 Å². The zero-order valence-corrected chi connectivity index (χ0v) is 14.1. The minimum Gasteiger partial charge on any atom is -0.378 e. The fourth-order valence-corrected chi connectivity index (χ4v) is 3.63. The normalized spacial score (nSPS) is 23.7. The van der Waals surface area contributed by atoms with E-state index in [-0.39, 0.29) is 18.1 Å². The molecule has 0 spiro atoms. The van der Waals surface area contributed by atoms with Crippen LogP contribution in [0.1, 0.15) is 12.8 Å². The monoisotopic (exact) mass is 341 g/mol. The molecule has 2 fully saturated rings. The molecule has 7 heteroatoms. The summed E-state index contributed by atoms with van der Waals surface area (Å²) in [5.74, 6) is 0. The van der Waals surface area contributed by atoms with E-state index in [0.717, 1.165) is 24.5 Å². The molecule has 132 valence electrons. The molecule has 2 amide bonds. The molecule has 3 heterocycles. The van der Waals surface area contributed by atoms with Gasteiger partial charge < -0.3 is 15.4 Å². The van der Waals surface area contributed by atoms with Crippen LogP contribution >= 0.6 is 0 Å². The Morgan fingerprint density at radius 2 is 2.00 bits per heavy atom. The number of ether oxygens (including phenoxy) is 1. The molecule has 4 rings (SSSR count). The number of hydrogen-bond donors (Lipinski definition) is 2. The first kappa shape index (κ1) is 16.1. The minimum atomic E-state index is -0.209. The molecule has 1 aromatic carbocycles. The quantitative estimate of drug-likeness (QED) is 0.890. The van der Waals surface area contributed by atoms with E-state index in [1.54, 1.807) is 10.9 Å². The maximum atomic E-state index is 12.5. The second-order valence-corrected chi connectivity index (χ2v) is 6.52. The number of likely N-dealkylation sites (tertiary alicyclic amines) is 1. The predicted octanol–water partition coefficient (Wildman–Crippen LogP) is 1.86. The second kappa shape index (κ2) is 7.25. The molecule has 25 heavy (non-hydrogen) atoms. The van der Waals surface area contributed by atoms with Crippen molar-refractivity contribution in [3.63, 3.8) is 0 Å². The van der Waals surface area contributed by atoms with Gasteiger partial charge in [-0.15, -0.1) is 0 Å². The topological polar surface area (TPSA) is 71.4 Å². The van der Waals surface area contributed by atoms with Gasteiger partial charge in [0.1, 0.15) is 0 Å². The molecule has 2 aliphatic heterocycles. The van der Waals surface area contributed by atoms with E-state index < -0.39 is 0 Å². The van der Waals surface area contributed by atoms with E-state index in [0.29, 0.717) is 13.2 Å². The van der Waals surface area contributed by atoms with Crippen molar-refractivity contribution in [2.75, 3.05) is 31.6 Å². The maximum Gasteiger partial charge on any atom is 0.319 e. The largest absolute Gasteiger partial charge is 0.378 e. The highest BCUT2D eigenvalue weighted by atomic mass is 16.5. The Morgan fingerprint density at radius 1 is 1.16 bits per heavy atom. The molecule has 7 nitrogen and oxygen atoms in total. The van der Waals surface area contributed by atoms with Crippen molar-refractivity contribution in [2.45, 2.75) is 24.9 Å². The van der Waals surface area contributed by atoms with Gasteiger partial charge in [-0.25, -0.2) is 9.48 Å². The highest BCUT2D eigenvalue weighted by Gasteiger charge is 2.35. The van der Waals surface area contributed by atoms with E-state index in [2.05, 4.69) is 20.6 Å². The number of anilines is 1. The van der Waals surface area contributed by atoms with Crippen molar-refractivity contribution >= 4 is 11.7 Å². The summed E-state index contributed by atoms with van der Waals surface area (Å²) in [7, 11) is 0. The summed E-state index contributed by atoms with van der Waals surface area (Å²) in [5.41, 5.74) is 1.56. The van der Waals surface area contributed by atoms with Crippen LogP contribution in [0.3, 0.4) is 0 Å². The van der Waals surface area contributed by atoms with Crippen molar-refractivity contribution < 1.29 is 9.53 Å². The molecule has 0 aliphatic carbocycles. The van der Waals surface area contributed by atoms with Crippen LogP contribution in [0.25, 0.3) is 5.69 Å². The molecule has 1 aromatic heterocycles. The van der Waals surface area contributed by atoms with Crippen molar-refractivity contribution in [2.24, 2.45) is 0 Å². The third-order valence-corrected chi connectivity index (χ3v) is 4.88. The van der Waals surface area contributed by atoms with Gasteiger partial charge >= 0.3 is 6.03 Å². The minimum absolute atomic E-state index is 0.0231. The summed E-state index contributed by atoms with van der Waals surface area (Å²) >= 11 is 0. The Labute approximate surface area is 147 Å². The zero-order chi connectivity index (χ0) is 17.1. The van der Waals surface area contributed by atoms with Gasteiger partial charge in [0.2, 0.25) is 0 Å². The number of nitrogens with zero attached hydrogens (tertiary/aromatic N) is 3. The Hall–Kier alpha value is -2.38. The first-order chi connectivity index (χ1) is 12.3. The van der Waals surface area contributed by atoms with Crippen LogP contribution < -0.4 is 10.6 Å². The lowest BCUT2D eigenvalue weighted by molar-refractivity contribution is 0.159. The Bertz CT molecular complexity index is 712. The number of benzene rings is 1. The van der Waals surface area contributed by atoms with Gasteiger partial charge in [0.25, 0.3) is 0 Å². The second-order valence-electron chi connectivity index (χ2n) is 6.52. The van der Waals surface area contributed by atoms with Gasteiger partial charge in [0, 0.05) is 12.4 Å². The SMILES string of the molecule is O=C(Nc1ccccc1-n1cccn1)N[C@@H]1COC[C@H]1N1CCCC1. The fourth-order valence-electron chi connectivity index (χ4n) is 3.63. The Morgan fingerprint density at radius 3 is 2.80 bits per heavy atom. The van der Waals surface area contributed by atoms with Gasteiger partial charge in [-0.3, -0.25) is 4.90 Å². The number of hydrogen-bond acceptors (Lipinski definition) is 4. The standard InChI is InChI=1S/C18H23N5O2/c24-18(21-15-12-25-13-17(15)22-9-3-4-10-22)20-14-6-1-2-7-16(14)23-11-5-8-19-23/h1-2,5-8,11,15,17H,3-4,9-10,12-13H2,(H2,20,21,24)/t15-,17-/m1/s1. The van der Waals surface area contributed by atoms with E-state index in [9.17, 15) is 4.79 Å². The van der Waals surface area contributed by atoms with Gasteiger partial charge in [-0.05, 0) is 44.1 Å². The summed E-state index contributed by atoms with van der Waals surface area (Å²) < 4.78 is 7.36. The van der Waals surface area contributed by atoms with Crippen molar-refractivity contribution in [1.29, 1.82) is 0 Å². The van der Waals surface area contributed by atoms with Gasteiger partial charge in [-0.1, -0.05) is 12.1 Å². The summed E-state index contributed by atoms with van der Waals surface area (Å²) in [5, 5.41) is 10.3. The summed E-state index contributed by atoms with van der Waals surface area (Å²) in [6, 6.07) is 9.56. The number of nitrogens with one attached hydrogen (secondary N) is 2. The van der Waals surface area contributed by atoms with Crippen LogP contribution in [0.4, 0.5) is 10.5 Å². The van der Waals surface area contributed by atoms with E-state index in [1.165, 1.54) is 12.8 Å². The number of rotatable bonds is 4. The molecule has 2 aromatic rings. The number of aromatic nitrogens is 2. The van der Waals surface area contributed by atoms with E-state index >= 15 is 0 Å². The van der Waals surface area contributed by atoms with E-state index in [4.69, 9.17) is 4.74 Å². The third-order valence-electron chi connectivity index (χ3n) is 4.88. The van der Waals surface area contributed by atoms with Crippen LogP contribution in [0.15, 0.2) is 42.7 Å². The maximum absolute atomic E-state index is 12.5. The number of amides is 2. The Kier molecular flexibility index (Phi) is 4.67. The molecular formula is C18H23N5O2. The summed E-state index contributed by atoms with van der Waals surface area (Å²) in [6.07, 6.45) is 6.03. The van der Waals surface area contributed by atoms with Crippen molar-refractivity contribution in [3.8, 4) is 5.69 Å². The third kappa shape index (κ3) is 3.52. The lowest BCUT2D eigenvalue weighted by atomic mass is 10.1. The molecular weight excluding hydrogens is 318 g/mol. The van der Waals surface area contributed by atoms with Crippen LogP contribution in [0, 0.1) is 0 Å². The smallest absolute Gasteiger partial charge is 0.319 e. The first-order valence-electron chi connectivity index (χ1n) is 8.79. The number of urea groups is 1. The number of carbonyl (C=O) groups excluding carboxylic acids is 1. The molecule has 2 aliphatic rings. The lowest BCUT2D eigenvalue weighted by Gasteiger charge is -2.28. The number of carbonyl (C=O) groups is 1. The summed E-state index contributed by atoms with van der Waals surface area (Å²) in [4.78, 5) is 15.0. The first-order valence-corrected chi connectivity index (χ1v) is 8.79. The highest BCUT2D eigenvalue weighted by molar-refractivity contribution is 5.91. The molecule has 2 saturated heterocycles. The lowest BCUT2D eigenvalue weighted by Crippen LogP contribution is -2.51. The summed E-state index contributed by atoms with van der Waals surface area (Å²) in [6.45, 7) is 3.44. The van der Waals surface area contributed by atoms with Crippen molar-refractivity contribution in [3.05, 3.63) is 42.7 Å². The fraction of sp³-hybridized carbons (Fsp3) is 0.444. The van der Waals surface area contributed by atoms with Crippen molar-refractivity contribution in [1.82, 2.24) is 20.0 Å². The molecule has 2 atom stereocenters. The molecule has 0 saturated carbocycles. The average molecular weight is 341 g/mol. The molecule has 0 unspecified atom stereocenters.